The molecule has 28 heavy (non-hydrogen) atoms. The Kier molecular flexibility index (Phi) is 23.4. The van der Waals surface area contributed by atoms with Crippen molar-refractivity contribution in [2.45, 2.75) is 110 Å². The average Bonchev–Trinajstić information content (AvgIpc) is 2.61. The van der Waals surface area contributed by atoms with Crippen LogP contribution in [0.1, 0.15) is 110 Å². The van der Waals surface area contributed by atoms with Crippen LogP contribution < -0.4 is 0 Å². The van der Waals surface area contributed by atoms with E-state index in [1.54, 1.807) is 0 Å². The Bertz CT molecular complexity index is 452. The third-order valence-electron chi connectivity index (χ3n) is 4.11. The molecular weight excluding hydrogens is 380 g/mol. The van der Waals surface area contributed by atoms with E-state index in [0.717, 1.165) is 19.3 Å². The molecule has 0 aliphatic heterocycles. The summed E-state index contributed by atoms with van der Waals surface area (Å²) in [5, 5.41) is 0. The summed E-state index contributed by atoms with van der Waals surface area (Å²) < 4.78 is 36.6. The lowest BCUT2D eigenvalue weighted by molar-refractivity contribution is -0.143. The number of unbranched alkanes of at least 4 members (excludes halogenated alkanes) is 11. The molecule has 0 aromatic carbocycles. The summed E-state index contributed by atoms with van der Waals surface area (Å²) in [7, 11) is -4.67. The van der Waals surface area contributed by atoms with Crippen molar-refractivity contribution >= 4 is 16.4 Å². The summed E-state index contributed by atoms with van der Waals surface area (Å²) in [6.07, 6.45) is 23.0. The monoisotopic (exact) mass is 422 g/mol. The second kappa shape index (κ2) is 22.4. The Balaban J connectivity index is 0. The Hall–Kier alpha value is -0.920. The molecule has 0 fully saturated rings. The van der Waals surface area contributed by atoms with E-state index in [1.807, 2.05) is 6.92 Å². The SMILES string of the molecule is CCCCCCCCC=CCCCCCCCC(=O)OCCC.O=S(=O)(O)O. The first-order valence-corrected chi connectivity index (χ1v) is 12.2. The maximum absolute atomic E-state index is 11.3. The molecule has 7 heteroatoms. The van der Waals surface area contributed by atoms with Gasteiger partial charge in [0.1, 0.15) is 0 Å². The summed E-state index contributed by atoms with van der Waals surface area (Å²) in [6, 6.07) is 0. The zero-order valence-electron chi connectivity index (χ0n) is 17.9. The molecular formula is C21H42O6S. The molecule has 0 saturated heterocycles. The first-order valence-electron chi connectivity index (χ1n) is 10.8. The number of esters is 1. The van der Waals surface area contributed by atoms with Crippen LogP contribution in [0, 0.1) is 0 Å². The summed E-state index contributed by atoms with van der Waals surface area (Å²) in [6.45, 7) is 4.86. The maximum Gasteiger partial charge on any atom is 0.394 e. The molecule has 0 aliphatic rings. The van der Waals surface area contributed by atoms with Crippen molar-refractivity contribution in [3.8, 4) is 0 Å². The summed E-state index contributed by atoms with van der Waals surface area (Å²) in [4.78, 5) is 11.3. The smallest absolute Gasteiger partial charge is 0.394 e. The van der Waals surface area contributed by atoms with Gasteiger partial charge in [0.05, 0.1) is 6.61 Å². The average molecular weight is 423 g/mol. The molecule has 0 heterocycles. The van der Waals surface area contributed by atoms with Crippen LogP contribution in [-0.2, 0) is 19.9 Å². The fourth-order valence-electron chi connectivity index (χ4n) is 2.63. The van der Waals surface area contributed by atoms with E-state index in [1.165, 1.54) is 70.6 Å². The molecule has 6 nitrogen and oxygen atoms in total. The molecule has 0 saturated carbocycles. The second-order valence-corrected chi connectivity index (χ2v) is 7.90. The van der Waals surface area contributed by atoms with E-state index in [2.05, 4.69) is 19.1 Å². The molecule has 0 aromatic rings. The highest BCUT2D eigenvalue weighted by Crippen LogP contribution is 2.10. The van der Waals surface area contributed by atoms with Crippen LogP contribution in [-0.4, -0.2) is 30.1 Å². The molecule has 0 spiro atoms. The molecule has 168 valence electrons. The van der Waals surface area contributed by atoms with Crippen molar-refractivity contribution in [2.24, 2.45) is 0 Å². The zero-order valence-corrected chi connectivity index (χ0v) is 18.7. The predicted molar refractivity (Wildman–Crippen MR) is 115 cm³/mol. The summed E-state index contributed by atoms with van der Waals surface area (Å²) in [5.41, 5.74) is 0. The Morgan fingerprint density at radius 1 is 0.750 bits per heavy atom. The minimum absolute atomic E-state index is 0.0236. The summed E-state index contributed by atoms with van der Waals surface area (Å²) in [5.74, 6) is -0.0236. The van der Waals surface area contributed by atoms with Gasteiger partial charge in [-0.2, -0.15) is 8.42 Å². The number of rotatable bonds is 17. The number of ether oxygens (including phenoxy) is 1. The highest BCUT2D eigenvalue weighted by atomic mass is 32.3. The highest BCUT2D eigenvalue weighted by molar-refractivity contribution is 7.79. The largest absolute Gasteiger partial charge is 0.466 e. The first-order chi connectivity index (χ1) is 13.3. The van der Waals surface area contributed by atoms with Gasteiger partial charge in [0.25, 0.3) is 0 Å². The maximum atomic E-state index is 11.3. The van der Waals surface area contributed by atoms with Crippen molar-refractivity contribution in [2.75, 3.05) is 6.61 Å². The zero-order chi connectivity index (χ0) is 21.5. The van der Waals surface area contributed by atoms with Crippen LogP contribution in [0.2, 0.25) is 0 Å². The van der Waals surface area contributed by atoms with E-state index in [4.69, 9.17) is 22.3 Å². The quantitative estimate of drug-likeness (QED) is 0.123. The number of hydrogen-bond acceptors (Lipinski definition) is 4. The molecule has 0 unspecified atom stereocenters. The Morgan fingerprint density at radius 3 is 1.64 bits per heavy atom. The van der Waals surface area contributed by atoms with Gasteiger partial charge in [-0.25, -0.2) is 0 Å². The summed E-state index contributed by atoms with van der Waals surface area (Å²) >= 11 is 0. The van der Waals surface area contributed by atoms with Crippen LogP contribution >= 0.6 is 0 Å². The minimum Gasteiger partial charge on any atom is -0.466 e. The van der Waals surface area contributed by atoms with Gasteiger partial charge in [-0.3, -0.25) is 13.9 Å². The van der Waals surface area contributed by atoms with Crippen molar-refractivity contribution in [1.29, 1.82) is 0 Å². The number of carbonyl (C=O) groups is 1. The second-order valence-electron chi connectivity index (χ2n) is 7.00. The fraction of sp³-hybridized carbons (Fsp3) is 0.857. The van der Waals surface area contributed by atoms with Crippen LogP contribution in [0.5, 0.6) is 0 Å². The van der Waals surface area contributed by atoms with Crippen LogP contribution in [0.4, 0.5) is 0 Å². The molecule has 0 bridgehead atoms. The van der Waals surface area contributed by atoms with Gasteiger partial charge >= 0.3 is 16.4 Å². The number of allylic oxidation sites excluding steroid dienone is 2. The Morgan fingerprint density at radius 2 is 1.18 bits per heavy atom. The normalized spacial score (nSPS) is 11.3. The molecule has 0 rings (SSSR count). The minimum atomic E-state index is -4.67. The van der Waals surface area contributed by atoms with Crippen molar-refractivity contribution in [1.82, 2.24) is 0 Å². The lowest BCUT2D eigenvalue weighted by Crippen LogP contribution is -2.04. The molecule has 0 atom stereocenters. The van der Waals surface area contributed by atoms with Crippen LogP contribution in [0.3, 0.4) is 0 Å². The van der Waals surface area contributed by atoms with Gasteiger partial charge in [-0.15, -0.1) is 0 Å². The van der Waals surface area contributed by atoms with Crippen LogP contribution in [0.15, 0.2) is 12.2 Å². The number of hydrogen-bond donors (Lipinski definition) is 2. The van der Waals surface area contributed by atoms with E-state index >= 15 is 0 Å². The molecule has 0 amide bonds. The van der Waals surface area contributed by atoms with Gasteiger partial charge in [0, 0.05) is 6.42 Å². The lowest BCUT2D eigenvalue weighted by Gasteiger charge is -2.03. The molecule has 0 aromatic heterocycles. The Labute approximate surface area is 172 Å². The van der Waals surface area contributed by atoms with Crippen molar-refractivity contribution < 1.29 is 27.1 Å². The van der Waals surface area contributed by atoms with E-state index in [0.29, 0.717) is 13.0 Å². The highest BCUT2D eigenvalue weighted by Gasteiger charge is 2.01. The standard InChI is InChI=1S/C21H40O2.H2O4S/c1-3-5-6-7-8-9-10-11-12-13-14-15-16-17-18-19-21(22)23-20-4-2;1-5(2,3)4/h11-12H,3-10,13-20H2,1-2H3;(H2,1,2,3,4). The van der Waals surface area contributed by atoms with E-state index in [-0.39, 0.29) is 5.97 Å². The third-order valence-corrected chi connectivity index (χ3v) is 4.11. The molecule has 0 radical (unpaired) electrons. The lowest BCUT2D eigenvalue weighted by atomic mass is 10.1. The predicted octanol–water partition coefficient (Wildman–Crippen LogP) is 6.32. The van der Waals surface area contributed by atoms with Gasteiger partial charge in [-0.1, -0.05) is 77.4 Å². The van der Waals surface area contributed by atoms with Crippen molar-refractivity contribution in [3.05, 3.63) is 12.2 Å². The molecule has 2 N–H and O–H groups in total. The first kappa shape index (κ1) is 29.3. The third kappa shape index (κ3) is 36.1. The van der Waals surface area contributed by atoms with Gasteiger partial charge in [0.2, 0.25) is 0 Å². The van der Waals surface area contributed by atoms with E-state index in [9.17, 15) is 4.79 Å². The molecule has 0 aliphatic carbocycles. The van der Waals surface area contributed by atoms with Gasteiger partial charge in [0.15, 0.2) is 0 Å². The van der Waals surface area contributed by atoms with Crippen LogP contribution in [0.25, 0.3) is 0 Å². The fourth-order valence-corrected chi connectivity index (χ4v) is 2.63. The van der Waals surface area contributed by atoms with Gasteiger partial charge in [-0.05, 0) is 38.5 Å². The van der Waals surface area contributed by atoms with Gasteiger partial charge < -0.3 is 4.74 Å². The van der Waals surface area contributed by atoms with E-state index < -0.39 is 10.4 Å². The number of carbonyl (C=O) groups excluding carboxylic acids is 1. The van der Waals surface area contributed by atoms with Crippen molar-refractivity contribution in [3.63, 3.8) is 0 Å². The topological polar surface area (TPSA) is 101 Å².